The Morgan fingerprint density at radius 1 is 1.48 bits per heavy atom. The molecule has 3 rings (SSSR count). The van der Waals surface area contributed by atoms with E-state index in [9.17, 15) is 4.79 Å². The molecule has 0 saturated carbocycles. The summed E-state index contributed by atoms with van der Waals surface area (Å²) < 4.78 is 6.55. The van der Waals surface area contributed by atoms with Crippen LogP contribution in [0.25, 0.3) is 0 Å². The number of aromatic nitrogens is 3. The van der Waals surface area contributed by atoms with Crippen molar-refractivity contribution in [3.05, 3.63) is 41.2 Å². The minimum atomic E-state index is -0.328. The Kier molecular flexibility index (Phi) is 3.60. The second-order valence-electron chi connectivity index (χ2n) is 5.14. The number of anilines is 1. The van der Waals surface area contributed by atoms with Gasteiger partial charge in [0.1, 0.15) is 6.42 Å². The Hall–Kier alpha value is -2.37. The highest BCUT2D eigenvalue weighted by Crippen LogP contribution is 2.30. The number of esters is 1. The van der Waals surface area contributed by atoms with Gasteiger partial charge in [-0.05, 0) is 24.5 Å². The molecule has 0 bridgehead atoms. The zero-order chi connectivity index (χ0) is 14.8. The molecule has 1 aromatic heterocycles. The summed E-state index contributed by atoms with van der Waals surface area (Å²) >= 11 is 0. The summed E-state index contributed by atoms with van der Waals surface area (Å²) in [5.74, 6) is 0.878. The highest BCUT2D eigenvalue weighted by molar-refractivity contribution is 5.71. The maximum atomic E-state index is 11.4. The van der Waals surface area contributed by atoms with Crippen LogP contribution in [0.3, 0.4) is 0 Å². The van der Waals surface area contributed by atoms with Gasteiger partial charge in [-0.2, -0.15) is 10.1 Å². The fourth-order valence-corrected chi connectivity index (χ4v) is 2.67. The number of nitrogens with zero attached hydrogens (tertiary/aromatic N) is 3. The summed E-state index contributed by atoms with van der Waals surface area (Å²) in [5, 5.41) is 7.71. The quantitative estimate of drug-likeness (QED) is 0.870. The third-order valence-corrected chi connectivity index (χ3v) is 3.75. The van der Waals surface area contributed by atoms with E-state index in [2.05, 4.69) is 39.2 Å². The number of rotatable bonds is 3. The molecule has 2 aromatic rings. The van der Waals surface area contributed by atoms with Crippen LogP contribution in [0, 0.1) is 6.92 Å². The van der Waals surface area contributed by atoms with E-state index in [1.807, 2.05) is 16.8 Å². The van der Waals surface area contributed by atoms with Gasteiger partial charge >= 0.3 is 5.97 Å². The van der Waals surface area contributed by atoms with Crippen molar-refractivity contribution >= 4 is 11.9 Å². The number of carbonyl (C=O) groups is 1. The number of aryl methyl sites for hydroxylation is 1. The third-order valence-electron chi connectivity index (χ3n) is 3.75. The van der Waals surface area contributed by atoms with Crippen molar-refractivity contribution in [3.63, 3.8) is 0 Å². The molecule has 0 saturated heterocycles. The molecule has 1 unspecified atom stereocenters. The Morgan fingerprint density at radius 3 is 3.05 bits per heavy atom. The Labute approximate surface area is 123 Å². The molecule has 0 spiro atoms. The van der Waals surface area contributed by atoms with Gasteiger partial charge in [0.25, 0.3) is 0 Å². The van der Waals surface area contributed by atoms with E-state index in [1.54, 1.807) is 0 Å². The normalized spacial score (nSPS) is 17.0. The van der Waals surface area contributed by atoms with Crippen molar-refractivity contribution < 1.29 is 9.53 Å². The monoisotopic (exact) mass is 286 g/mol. The number of nitrogens with one attached hydrogen (secondary N) is 1. The van der Waals surface area contributed by atoms with Crippen LogP contribution in [0.4, 0.5) is 5.95 Å². The van der Waals surface area contributed by atoms with Crippen LogP contribution in [0.15, 0.2) is 24.3 Å². The predicted molar refractivity (Wildman–Crippen MR) is 78.2 cm³/mol. The molecule has 0 radical (unpaired) electrons. The van der Waals surface area contributed by atoms with Crippen molar-refractivity contribution in [2.45, 2.75) is 25.8 Å². The fourth-order valence-electron chi connectivity index (χ4n) is 2.67. The van der Waals surface area contributed by atoms with Gasteiger partial charge in [-0.25, -0.2) is 4.68 Å². The molecule has 1 aliphatic heterocycles. The van der Waals surface area contributed by atoms with Crippen LogP contribution in [0.2, 0.25) is 0 Å². The first-order valence-electron chi connectivity index (χ1n) is 7.00. The van der Waals surface area contributed by atoms with Crippen molar-refractivity contribution in [2.24, 2.45) is 0 Å². The number of hydrogen-bond donors (Lipinski definition) is 1. The lowest BCUT2D eigenvalue weighted by Crippen LogP contribution is -2.25. The first kappa shape index (κ1) is 13.6. The summed E-state index contributed by atoms with van der Waals surface area (Å²) in [6, 6.07) is 8.45. The molecule has 21 heavy (non-hydrogen) atoms. The Bertz CT molecular complexity index is 665. The number of ether oxygens (including phenoxy) is 1. The molecule has 1 aromatic carbocycles. The zero-order valence-electron chi connectivity index (χ0n) is 12.2. The molecular formula is C15H18N4O2. The lowest BCUT2D eigenvalue weighted by molar-refractivity contribution is -0.139. The molecule has 2 heterocycles. The average Bonchev–Trinajstić information content (AvgIpc) is 2.90. The van der Waals surface area contributed by atoms with Crippen molar-refractivity contribution in [1.82, 2.24) is 14.8 Å². The lowest BCUT2D eigenvalue weighted by Gasteiger charge is -2.25. The topological polar surface area (TPSA) is 69.0 Å². The van der Waals surface area contributed by atoms with Crippen molar-refractivity contribution in [1.29, 1.82) is 0 Å². The summed E-state index contributed by atoms with van der Waals surface area (Å²) in [5.41, 5.74) is 2.48. The highest BCUT2D eigenvalue weighted by atomic mass is 16.5. The fraction of sp³-hybridized carbons (Fsp3) is 0.400. The van der Waals surface area contributed by atoms with Gasteiger partial charge in [0.15, 0.2) is 5.82 Å². The molecule has 0 aliphatic carbocycles. The third kappa shape index (κ3) is 2.61. The number of fused-ring (bicyclic) bond motifs is 1. The van der Waals surface area contributed by atoms with Gasteiger partial charge in [0, 0.05) is 6.54 Å². The number of hydrogen-bond acceptors (Lipinski definition) is 5. The maximum Gasteiger partial charge on any atom is 0.313 e. The Morgan fingerprint density at radius 2 is 2.29 bits per heavy atom. The minimum Gasteiger partial charge on any atom is -0.469 e. The first-order valence-corrected chi connectivity index (χ1v) is 7.00. The van der Waals surface area contributed by atoms with Crippen LogP contribution in [0.5, 0.6) is 0 Å². The predicted octanol–water partition coefficient (Wildman–Crippen LogP) is 1.71. The molecule has 1 N–H and O–H groups in total. The highest BCUT2D eigenvalue weighted by Gasteiger charge is 2.25. The molecule has 6 heteroatoms. The van der Waals surface area contributed by atoms with Gasteiger partial charge in [-0.1, -0.05) is 24.3 Å². The molecule has 110 valence electrons. The minimum absolute atomic E-state index is 0.0959. The lowest BCUT2D eigenvalue weighted by atomic mass is 9.98. The van der Waals surface area contributed by atoms with Crippen LogP contribution in [0.1, 0.15) is 29.4 Å². The zero-order valence-corrected chi connectivity index (χ0v) is 12.2. The molecule has 0 amide bonds. The molecule has 1 aliphatic rings. The van der Waals surface area contributed by atoms with Gasteiger partial charge in [0.2, 0.25) is 5.95 Å². The first-order chi connectivity index (χ1) is 10.2. The molecule has 1 atom stereocenters. The van der Waals surface area contributed by atoms with E-state index in [0.29, 0.717) is 11.8 Å². The number of methoxy groups -OCH3 is 1. The second-order valence-corrected chi connectivity index (χ2v) is 5.14. The van der Waals surface area contributed by atoms with E-state index in [-0.39, 0.29) is 18.4 Å². The maximum absolute atomic E-state index is 11.4. The van der Waals surface area contributed by atoms with Crippen molar-refractivity contribution in [3.8, 4) is 0 Å². The van der Waals surface area contributed by atoms with Crippen LogP contribution in [-0.2, 0) is 16.0 Å². The summed E-state index contributed by atoms with van der Waals surface area (Å²) in [7, 11) is 1.37. The standard InChI is InChI=1S/C15H18N4O2/c1-10-5-3-4-6-11(10)12-7-8-16-15-17-13(18-19(12)15)9-14(20)21-2/h3-6,12H,7-9H2,1-2H3,(H,16,17,18). The molecule has 0 fully saturated rings. The molecule has 6 nitrogen and oxygen atoms in total. The summed E-state index contributed by atoms with van der Waals surface area (Å²) in [6.45, 7) is 2.94. The molecular weight excluding hydrogens is 268 g/mol. The number of benzene rings is 1. The summed E-state index contributed by atoms with van der Waals surface area (Å²) in [4.78, 5) is 15.8. The van der Waals surface area contributed by atoms with Gasteiger partial charge in [0.05, 0.1) is 13.2 Å². The largest absolute Gasteiger partial charge is 0.469 e. The van der Waals surface area contributed by atoms with Gasteiger partial charge < -0.3 is 10.1 Å². The van der Waals surface area contributed by atoms with Gasteiger partial charge in [-0.3, -0.25) is 4.79 Å². The smallest absolute Gasteiger partial charge is 0.313 e. The van der Waals surface area contributed by atoms with Gasteiger partial charge in [-0.15, -0.1) is 0 Å². The van der Waals surface area contributed by atoms with Crippen molar-refractivity contribution in [2.75, 3.05) is 19.0 Å². The van der Waals surface area contributed by atoms with Crippen LogP contribution >= 0.6 is 0 Å². The van der Waals surface area contributed by atoms with Crippen LogP contribution < -0.4 is 5.32 Å². The summed E-state index contributed by atoms with van der Waals surface area (Å²) in [6.07, 6.45) is 1.04. The Balaban J connectivity index is 1.95. The SMILES string of the molecule is COC(=O)Cc1nc2n(n1)C(c1ccccc1C)CCN2. The average molecular weight is 286 g/mol. The van der Waals surface area contributed by atoms with E-state index >= 15 is 0 Å². The van der Waals surface area contributed by atoms with E-state index in [1.165, 1.54) is 18.2 Å². The van der Waals surface area contributed by atoms with E-state index in [0.717, 1.165) is 13.0 Å². The van der Waals surface area contributed by atoms with E-state index < -0.39 is 0 Å². The second kappa shape index (κ2) is 5.55. The number of carbonyl (C=O) groups excluding carboxylic acids is 1. The van der Waals surface area contributed by atoms with Crippen LogP contribution in [-0.4, -0.2) is 34.4 Å². The van der Waals surface area contributed by atoms with E-state index in [4.69, 9.17) is 0 Å².